The maximum atomic E-state index is 13.8. The summed E-state index contributed by atoms with van der Waals surface area (Å²) in [6.07, 6.45) is 0. The van der Waals surface area contributed by atoms with Crippen molar-refractivity contribution in [3.63, 3.8) is 0 Å². The largest absolute Gasteiger partial charge is 0.493 e. The van der Waals surface area contributed by atoms with E-state index in [4.69, 9.17) is 23.9 Å². The Balaban J connectivity index is 1.39. The van der Waals surface area contributed by atoms with E-state index in [1.807, 2.05) is 24.3 Å². The Morgan fingerprint density at radius 1 is 0.905 bits per heavy atom. The minimum Gasteiger partial charge on any atom is -0.493 e. The lowest BCUT2D eigenvalue weighted by Gasteiger charge is -2.25. The number of hydrogen-bond acceptors (Lipinski definition) is 11. The number of ether oxygens (including phenoxy) is 4. The van der Waals surface area contributed by atoms with Gasteiger partial charge in [-0.05, 0) is 36.4 Å². The highest BCUT2D eigenvalue weighted by molar-refractivity contribution is 7.89. The van der Waals surface area contributed by atoms with E-state index in [0.29, 0.717) is 69.5 Å². The summed E-state index contributed by atoms with van der Waals surface area (Å²) in [6, 6.07) is 14.0. The van der Waals surface area contributed by atoms with E-state index >= 15 is 0 Å². The molecule has 14 heteroatoms. The highest BCUT2D eigenvalue weighted by atomic mass is 32.2. The summed E-state index contributed by atoms with van der Waals surface area (Å²) < 4.78 is 51.5. The summed E-state index contributed by atoms with van der Waals surface area (Å²) in [6.45, 7) is 1.32. The second kappa shape index (κ2) is 11.5. The average molecular weight is 627 g/mol. The van der Waals surface area contributed by atoms with E-state index in [2.05, 4.69) is 10.3 Å². The number of anilines is 1. The highest BCUT2D eigenvalue weighted by Crippen LogP contribution is 2.48. The number of nitrogens with zero attached hydrogens (tertiary/aromatic N) is 3. The molecule has 0 unspecified atom stereocenters. The molecule has 0 bridgehead atoms. The molecule has 1 amide bonds. The number of aromatic nitrogens is 2. The zero-order valence-corrected chi connectivity index (χ0v) is 25.3. The lowest BCUT2D eigenvalue weighted by atomic mass is 10.0. The predicted octanol–water partition coefficient (Wildman–Crippen LogP) is 4.87. The highest BCUT2D eigenvalue weighted by Gasteiger charge is 2.29. The normalized spacial score (nSPS) is 14.3. The van der Waals surface area contributed by atoms with E-state index in [1.165, 1.54) is 54.4 Å². The van der Waals surface area contributed by atoms with Crippen LogP contribution >= 0.6 is 22.7 Å². The van der Waals surface area contributed by atoms with Gasteiger partial charge in [-0.15, -0.1) is 11.3 Å². The van der Waals surface area contributed by atoms with Gasteiger partial charge < -0.3 is 18.9 Å². The van der Waals surface area contributed by atoms with Crippen LogP contribution in [0.5, 0.6) is 17.2 Å². The molecule has 0 aliphatic carbocycles. The van der Waals surface area contributed by atoms with Crippen molar-refractivity contribution in [2.24, 2.45) is 0 Å². The second-order valence-corrected chi connectivity index (χ2v) is 13.2. The van der Waals surface area contributed by atoms with Crippen LogP contribution in [0, 0.1) is 0 Å². The van der Waals surface area contributed by atoms with Crippen molar-refractivity contribution in [1.82, 2.24) is 14.3 Å². The standard InChI is InChI=1S/C28H26N4O7S3/c1-36-20-15-17(23(25(38-3)24(20)37-2)27-29-18-6-4-5-7-21(18)40-27)26(33)31-28-30-19-9-8-16(14-22(19)41-28)42(34,35)32-10-12-39-13-11-32/h4-9,14-15H,10-13H2,1-3H3,(H,30,31,33). The van der Waals surface area contributed by atoms with Crippen LogP contribution in [0.25, 0.3) is 31.0 Å². The van der Waals surface area contributed by atoms with Gasteiger partial charge >= 0.3 is 0 Å². The SMILES string of the molecule is COc1cc(C(=O)Nc2nc3ccc(S(=O)(=O)N4CCOCC4)cc3s2)c(-c2nc3ccccc3s2)c(OC)c1OC. The number of fused-ring (bicyclic) bond motifs is 2. The molecule has 2 aromatic heterocycles. The average Bonchev–Trinajstić information content (AvgIpc) is 3.63. The van der Waals surface area contributed by atoms with Crippen LogP contribution < -0.4 is 19.5 Å². The zero-order valence-electron chi connectivity index (χ0n) is 22.9. The molecule has 1 saturated heterocycles. The van der Waals surface area contributed by atoms with Crippen LogP contribution in [0.2, 0.25) is 0 Å². The summed E-state index contributed by atoms with van der Waals surface area (Å²) in [5, 5.41) is 3.75. The number of morpholine rings is 1. The molecule has 0 atom stereocenters. The Kier molecular flexibility index (Phi) is 7.72. The summed E-state index contributed by atoms with van der Waals surface area (Å²) in [5.41, 5.74) is 2.05. The number of thiazole rings is 2. The molecule has 0 radical (unpaired) electrons. The fraction of sp³-hybridized carbons (Fsp3) is 0.250. The lowest BCUT2D eigenvalue weighted by molar-refractivity contribution is 0.0730. The number of hydrogen-bond donors (Lipinski definition) is 1. The van der Waals surface area contributed by atoms with Gasteiger partial charge in [0.05, 0.1) is 71.0 Å². The zero-order chi connectivity index (χ0) is 29.4. The van der Waals surface area contributed by atoms with Gasteiger partial charge in [-0.3, -0.25) is 10.1 Å². The molecule has 1 aliphatic heterocycles. The van der Waals surface area contributed by atoms with Gasteiger partial charge in [-0.1, -0.05) is 23.5 Å². The second-order valence-electron chi connectivity index (χ2n) is 9.17. The van der Waals surface area contributed by atoms with Crippen molar-refractivity contribution in [2.45, 2.75) is 4.90 Å². The number of nitrogens with one attached hydrogen (secondary N) is 1. The van der Waals surface area contributed by atoms with Gasteiger partial charge in [0, 0.05) is 13.1 Å². The van der Waals surface area contributed by atoms with Crippen molar-refractivity contribution < 1.29 is 32.2 Å². The van der Waals surface area contributed by atoms with E-state index in [1.54, 1.807) is 18.2 Å². The number of methoxy groups -OCH3 is 3. The molecule has 6 rings (SSSR count). The first-order chi connectivity index (χ1) is 20.3. The third kappa shape index (κ3) is 5.05. The Morgan fingerprint density at radius 3 is 2.36 bits per heavy atom. The van der Waals surface area contributed by atoms with E-state index < -0.39 is 15.9 Å². The fourth-order valence-electron chi connectivity index (χ4n) is 4.75. The van der Waals surface area contributed by atoms with E-state index in [9.17, 15) is 13.2 Å². The lowest BCUT2D eigenvalue weighted by Crippen LogP contribution is -2.40. The topological polar surface area (TPSA) is 129 Å². The van der Waals surface area contributed by atoms with Crippen molar-refractivity contribution in [3.05, 3.63) is 54.1 Å². The molecule has 3 heterocycles. The molecule has 218 valence electrons. The Morgan fingerprint density at radius 2 is 1.64 bits per heavy atom. The van der Waals surface area contributed by atoms with Gasteiger partial charge in [0.1, 0.15) is 5.01 Å². The van der Waals surface area contributed by atoms with Crippen LogP contribution in [0.15, 0.2) is 53.4 Å². The molecule has 11 nitrogen and oxygen atoms in total. The summed E-state index contributed by atoms with van der Waals surface area (Å²) in [5.74, 6) is 0.485. The number of carbonyl (C=O) groups is 1. The smallest absolute Gasteiger partial charge is 0.258 e. The Labute approximate surface area is 249 Å². The molecule has 42 heavy (non-hydrogen) atoms. The molecule has 3 aromatic carbocycles. The monoisotopic (exact) mass is 626 g/mol. The minimum atomic E-state index is -3.68. The Bertz CT molecular complexity index is 1880. The third-order valence-corrected chi connectivity index (χ3v) is 10.7. The Hall–Kier alpha value is -3.82. The number of amides is 1. The molecule has 5 aromatic rings. The van der Waals surface area contributed by atoms with Crippen molar-refractivity contribution in [1.29, 1.82) is 0 Å². The van der Waals surface area contributed by atoms with Gasteiger partial charge in [0.15, 0.2) is 16.6 Å². The van der Waals surface area contributed by atoms with Gasteiger partial charge in [0.25, 0.3) is 5.91 Å². The van der Waals surface area contributed by atoms with Crippen LogP contribution in [-0.2, 0) is 14.8 Å². The molecular formula is C28H26N4O7S3. The van der Waals surface area contributed by atoms with Gasteiger partial charge in [0.2, 0.25) is 15.8 Å². The number of para-hydroxylation sites is 1. The molecule has 0 saturated carbocycles. The number of benzene rings is 3. The first kappa shape index (κ1) is 28.3. The first-order valence-electron chi connectivity index (χ1n) is 12.8. The molecule has 1 N–H and O–H groups in total. The van der Waals surface area contributed by atoms with Crippen LogP contribution in [0.4, 0.5) is 5.13 Å². The summed E-state index contributed by atoms with van der Waals surface area (Å²) in [7, 11) is 0.787. The molecule has 0 spiro atoms. The summed E-state index contributed by atoms with van der Waals surface area (Å²) >= 11 is 2.60. The van der Waals surface area contributed by atoms with Gasteiger partial charge in [-0.25, -0.2) is 18.4 Å². The summed E-state index contributed by atoms with van der Waals surface area (Å²) in [4.78, 5) is 23.3. The maximum absolute atomic E-state index is 13.8. The number of sulfonamides is 1. The predicted molar refractivity (Wildman–Crippen MR) is 162 cm³/mol. The number of rotatable bonds is 8. The fourth-order valence-corrected chi connectivity index (χ4v) is 8.18. The van der Waals surface area contributed by atoms with Crippen molar-refractivity contribution in [3.8, 4) is 27.8 Å². The maximum Gasteiger partial charge on any atom is 0.258 e. The van der Waals surface area contributed by atoms with Crippen LogP contribution in [-0.4, -0.2) is 76.2 Å². The van der Waals surface area contributed by atoms with Crippen LogP contribution in [0.1, 0.15) is 10.4 Å². The van der Waals surface area contributed by atoms with Crippen LogP contribution in [0.3, 0.4) is 0 Å². The van der Waals surface area contributed by atoms with E-state index in [0.717, 1.165) is 10.2 Å². The van der Waals surface area contributed by atoms with Crippen molar-refractivity contribution >= 4 is 64.2 Å². The molecule has 1 aliphatic rings. The minimum absolute atomic E-state index is 0.168. The quantitative estimate of drug-likeness (QED) is 0.256. The van der Waals surface area contributed by atoms with E-state index in [-0.39, 0.29) is 10.5 Å². The van der Waals surface area contributed by atoms with Gasteiger partial charge in [-0.2, -0.15) is 4.31 Å². The number of carbonyl (C=O) groups excluding carboxylic acids is 1. The molecule has 1 fully saturated rings. The van der Waals surface area contributed by atoms with Crippen molar-refractivity contribution in [2.75, 3.05) is 52.9 Å². The third-order valence-electron chi connectivity index (χ3n) is 6.77. The first-order valence-corrected chi connectivity index (χ1v) is 15.9. The molecular weight excluding hydrogens is 601 g/mol.